The Hall–Kier alpha value is -1.58. The van der Waals surface area contributed by atoms with Gasteiger partial charge in [-0.1, -0.05) is 0 Å². The molecule has 3 heterocycles. The van der Waals surface area contributed by atoms with Crippen LogP contribution in [0.5, 0.6) is 0 Å². The zero-order valence-electron chi connectivity index (χ0n) is 16.7. The van der Waals surface area contributed by atoms with Gasteiger partial charge in [0.15, 0.2) is 0 Å². The highest BCUT2D eigenvalue weighted by atomic mass is 32.2. The van der Waals surface area contributed by atoms with Gasteiger partial charge >= 0.3 is 11.9 Å². The highest BCUT2D eigenvalue weighted by Crippen LogP contribution is 2.48. The van der Waals surface area contributed by atoms with Gasteiger partial charge in [0, 0.05) is 23.1 Å². The molecule has 156 valence electrons. The van der Waals surface area contributed by atoms with Crippen LogP contribution in [0.2, 0.25) is 0 Å². The molecule has 0 aromatic heterocycles. The standard InChI is InChI=1S/C19H28N2O6S/c1-10(22)14-12-7-13(28-11-5-6-20-8-11)15(21(12)16(14)23)17(24)26-9-27-18(25)19(2,3)4/h10-12,14,20,22H,5-9H2,1-4H3/t10?,11?,12-,14?/m1/s1. The van der Waals surface area contributed by atoms with Crippen LogP contribution < -0.4 is 5.32 Å². The number of rotatable bonds is 6. The van der Waals surface area contributed by atoms with Crippen molar-refractivity contribution in [3.63, 3.8) is 0 Å². The summed E-state index contributed by atoms with van der Waals surface area (Å²) in [5.74, 6) is -1.91. The summed E-state index contributed by atoms with van der Waals surface area (Å²) in [4.78, 5) is 39.3. The van der Waals surface area contributed by atoms with Gasteiger partial charge in [0.1, 0.15) is 5.70 Å². The third kappa shape index (κ3) is 4.06. The van der Waals surface area contributed by atoms with Crippen molar-refractivity contribution in [2.75, 3.05) is 19.9 Å². The van der Waals surface area contributed by atoms with E-state index in [1.807, 2.05) is 0 Å². The number of nitrogens with one attached hydrogen (secondary N) is 1. The fourth-order valence-corrected chi connectivity index (χ4v) is 5.08. The summed E-state index contributed by atoms with van der Waals surface area (Å²) in [5, 5.41) is 13.5. The molecule has 3 aliphatic rings. The molecule has 0 bridgehead atoms. The van der Waals surface area contributed by atoms with Crippen LogP contribution in [-0.4, -0.2) is 65.1 Å². The molecule has 28 heavy (non-hydrogen) atoms. The van der Waals surface area contributed by atoms with Crippen molar-refractivity contribution in [2.24, 2.45) is 11.3 Å². The van der Waals surface area contributed by atoms with Gasteiger partial charge in [0.25, 0.3) is 0 Å². The minimum atomic E-state index is -0.767. The van der Waals surface area contributed by atoms with Crippen molar-refractivity contribution in [1.82, 2.24) is 10.2 Å². The Bertz CT molecular complexity index is 693. The largest absolute Gasteiger partial charge is 0.427 e. The van der Waals surface area contributed by atoms with Gasteiger partial charge in [-0.3, -0.25) is 9.59 Å². The molecule has 2 fully saturated rings. The SMILES string of the molecule is CC(O)C1C(=O)N2C(C(=O)OCOC(=O)C(C)(C)C)=C(SC3CCNC3)C[C@H]12. The Labute approximate surface area is 169 Å². The second-order valence-electron chi connectivity index (χ2n) is 8.48. The second kappa shape index (κ2) is 8.04. The van der Waals surface area contributed by atoms with Gasteiger partial charge < -0.3 is 24.8 Å². The lowest BCUT2D eigenvalue weighted by Gasteiger charge is -2.44. The van der Waals surface area contributed by atoms with Crippen LogP contribution >= 0.6 is 11.8 Å². The van der Waals surface area contributed by atoms with Crippen LogP contribution in [0.4, 0.5) is 0 Å². The van der Waals surface area contributed by atoms with Gasteiger partial charge in [-0.05, 0) is 40.7 Å². The number of ether oxygens (including phenoxy) is 2. The van der Waals surface area contributed by atoms with Gasteiger partial charge in [-0.25, -0.2) is 4.79 Å². The van der Waals surface area contributed by atoms with Gasteiger partial charge in [0.05, 0.1) is 23.5 Å². The fourth-order valence-electron chi connectivity index (χ4n) is 3.68. The molecule has 3 rings (SSSR count). The molecule has 1 amide bonds. The molecule has 0 aromatic carbocycles. The third-order valence-corrected chi connectivity index (χ3v) is 6.58. The van der Waals surface area contributed by atoms with E-state index < -0.39 is 36.2 Å². The molecule has 0 spiro atoms. The van der Waals surface area contributed by atoms with E-state index in [1.165, 1.54) is 4.90 Å². The maximum atomic E-state index is 12.7. The lowest BCUT2D eigenvalue weighted by atomic mass is 9.83. The predicted molar refractivity (Wildman–Crippen MR) is 103 cm³/mol. The molecule has 0 radical (unpaired) electrons. The van der Waals surface area contributed by atoms with Crippen LogP contribution in [0, 0.1) is 11.3 Å². The summed E-state index contributed by atoms with van der Waals surface area (Å²) in [6.45, 7) is 8.00. The number of carbonyl (C=O) groups is 3. The first-order valence-corrected chi connectivity index (χ1v) is 10.4. The first-order valence-electron chi connectivity index (χ1n) is 9.57. The van der Waals surface area contributed by atoms with Crippen molar-refractivity contribution in [3.05, 3.63) is 10.6 Å². The Balaban J connectivity index is 1.70. The number of nitrogens with zero attached hydrogens (tertiary/aromatic N) is 1. The second-order valence-corrected chi connectivity index (χ2v) is 9.88. The smallest absolute Gasteiger partial charge is 0.358 e. The van der Waals surface area contributed by atoms with Gasteiger partial charge in [-0.2, -0.15) is 0 Å². The zero-order chi connectivity index (χ0) is 20.6. The van der Waals surface area contributed by atoms with Crippen molar-refractivity contribution in [1.29, 1.82) is 0 Å². The number of hydrogen-bond acceptors (Lipinski definition) is 8. The van der Waals surface area contributed by atoms with Crippen LogP contribution in [-0.2, 0) is 23.9 Å². The number of esters is 2. The lowest BCUT2D eigenvalue weighted by molar-refractivity contribution is -0.175. The van der Waals surface area contributed by atoms with E-state index in [1.54, 1.807) is 39.5 Å². The normalized spacial score (nSPS) is 28.1. The average molecular weight is 413 g/mol. The van der Waals surface area contributed by atoms with E-state index in [0.717, 1.165) is 24.4 Å². The maximum absolute atomic E-state index is 12.7. The quantitative estimate of drug-likeness (QED) is 0.378. The number of β-lactam (4-membered cyclic amide) rings is 1. The van der Waals surface area contributed by atoms with Crippen molar-refractivity contribution in [3.8, 4) is 0 Å². The molecule has 2 N–H and O–H groups in total. The van der Waals surface area contributed by atoms with E-state index in [9.17, 15) is 19.5 Å². The molecular weight excluding hydrogens is 384 g/mol. The highest BCUT2D eigenvalue weighted by molar-refractivity contribution is 8.03. The average Bonchev–Trinajstić information content (AvgIpc) is 3.20. The topological polar surface area (TPSA) is 105 Å². The molecule has 8 nitrogen and oxygen atoms in total. The first-order chi connectivity index (χ1) is 13.1. The van der Waals surface area contributed by atoms with E-state index in [0.29, 0.717) is 11.7 Å². The summed E-state index contributed by atoms with van der Waals surface area (Å²) < 4.78 is 10.2. The summed E-state index contributed by atoms with van der Waals surface area (Å²) in [6, 6.07) is -0.218. The first kappa shape index (κ1) is 21.1. The molecule has 0 aromatic rings. The maximum Gasteiger partial charge on any atom is 0.358 e. The molecule has 0 aliphatic carbocycles. The Morgan fingerprint density at radius 2 is 2.07 bits per heavy atom. The van der Waals surface area contributed by atoms with E-state index in [2.05, 4.69) is 5.32 Å². The van der Waals surface area contributed by atoms with E-state index in [4.69, 9.17) is 9.47 Å². The fraction of sp³-hybridized carbons (Fsp3) is 0.737. The van der Waals surface area contributed by atoms with Gasteiger partial charge in [0.2, 0.25) is 12.7 Å². The van der Waals surface area contributed by atoms with Crippen LogP contribution in [0.3, 0.4) is 0 Å². The van der Waals surface area contributed by atoms with Crippen LogP contribution in [0.1, 0.15) is 40.5 Å². The lowest BCUT2D eigenvalue weighted by Crippen LogP contribution is -2.61. The summed E-state index contributed by atoms with van der Waals surface area (Å²) >= 11 is 1.59. The number of carbonyl (C=O) groups excluding carboxylic acids is 3. The summed E-state index contributed by atoms with van der Waals surface area (Å²) in [6.07, 6.45) is 0.753. The molecule has 2 saturated heterocycles. The molecule has 0 saturated carbocycles. The van der Waals surface area contributed by atoms with E-state index in [-0.39, 0.29) is 17.6 Å². The third-order valence-electron chi connectivity index (χ3n) is 5.20. The number of amides is 1. The monoisotopic (exact) mass is 412 g/mol. The zero-order valence-corrected chi connectivity index (χ0v) is 17.5. The highest BCUT2D eigenvalue weighted by Gasteiger charge is 2.57. The van der Waals surface area contributed by atoms with Crippen LogP contribution in [0.15, 0.2) is 10.6 Å². The summed E-state index contributed by atoms with van der Waals surface area (Å²) in [7, 11) is 0. The molecule has 4 atom stereocenters. The number of aliphatic hydroxyl groups is 1. The molecule has 3 aliphatic heterocycles. The Kier molecular flexibility index (Phi) is 6.07. The molecule has 9 heteroatoms. The van der Waals surface area contributed by atoms with Crippen molar-refractivity contribution >= 4 is 29.6 Å². The van der Waals surface area contributed by atoms with Crippen LogP contribution in [0.25, 0.3) is 0 Å². The van der Waals surface area contributed by atoms with E-state index >= 15 is 0 Å². The minimum Gasteiger partial charge on any atom is -0.427 e. The molecule has 3 unspecified atom stereocenters. The number of hydrogen-bond donors (Lipinski definition) is 2. The minimum absolute atomic E-state index is 0.218. The van der Waals surface area contributed by atoms with Crippen molar-refractivity contribution in [2.45, 2.75) is 57.9 Å². The number of thioether (sulfide) groups is 1. The van der Waals surface area contributed by atoms with Crippen molar-refractivity contribution < 1.29 is 29.0 Å². The summed E-state index contributed by atoms with van der Waals surface area (Å²) in [5.41, 5.74) is -0.464. The molecular formula is C19H28N2O6S. The predicted octanol–water partition coefficient (Wildman–Crippen LogP) is 0.995. The number of aliphatic hydroxyl groups excluding tert-OH is 1. The van der Waals surface area contributed by atoms with Gasteiger partial charge in [-0.15, -0.1) is 11.8 Å². The Morgan fingerprint density at radius 1 is 1.36 bits per heavy atom. The Morgan fingerprint density at radius 3 is 2.64 bits per heavy atom. The number of fused-ring (bicyclic) bond motifs is 1.